The second kappa shape index (κ2) is 5.06. The number of hydrogen-bond donors (Lipinski definition) is 2. The van der Waals surface area contributed by atoms with Crippen LogP contribution in [-0.2, 0) is 0 Å². The van der Waals surface area contributed by atoms with Crippen molar-refractivity contribution in [1.29, 1.82) is 0 Å². The molecule has 0 fully saturated rings. The van der Waals surface area contributed by atoms with Gasteiger partial charge in [0.1, 0.15) is 17.2 Å². The highest BCUT2D eigenvalue weighted by Gasteiger charge is 2.14. The first-order valence-electron chi connectivity index (χ1n) is 7.62. The van der Waals surface area contributed by atoms with Gasteiger partial charge in [-0.25, -0.2) is 0 Å². The van der Waals surface area contributed by atoms with Crippen molar-refractivity contribution in [3.8, 4) is 17.2 Å². The molecule has 4 rings (SSSR count). The van der Waals surface area contributed by atoms with Crippen molar-refractivity contribution in [2.24, 2.45) is 0 Å². The summed E-state index contributed by atoms with van der Waals surface area (Å²) in [6.07, 6.45) is 0. The van der Waals surface area contributed by atoms with Gasteiger partial charge in [-0.15, -0.1) is 0 Å². The van der Waals surface area contributed by atoms with Crippen LogP contribution in [0.25, 0.3) is 32.3 Å². The van der Waals surface area contributed by atoms with Gasteiger partial charge in [0.05, 0.1) is 12.0 Å². The zero-order valence-electron chi connectivity index (χ0n) is 12.7. The second-order valence-electron chi connectivity index (χ2n) is 5.54. The number of hydrogen-bond acceptors (Lipinski definition) is 3. The van der Waals surface area contributed by atoms with Gasteiger partial charge in [0.2, 0.25) is 0 Å². The molecule has 3 heteroatoms. The van der Waals surface area contributed by atoms with Gasteiger partial charge >= 0.3 is 0 Å². The monoisotopic (exact) mass is 304 g/mol. The molecule has 0 saturated carbocycles. The molecule has 0 saturated heterocycles. The Morgan fingerprint density at radius 1 is 0.739 bits per heavy atom. The molecular formula is C20H16O3. The summed E-state index contributed by atoms with van der Waals surface area (Å²) in [6, 6.07) is 16.8. The fraction of sp³-hybridized carbons (Fsp3) is 0.100. The van der Waals surface area contributed by atoms with Crippen LogP contribution < -0.4 is 4.74 Å². The maximum absolute atomic E-state index is 10.6. The van der Waals surface area contributed by atoms with E-state index in [4.69, 9.17) is 4.74 Å². The Bertz CT molecular complexity index is 1050. The molecule has 3 nitrogen and oxygen atoms in total. The number of rotatable bonds is 2. The molecule has 2 N–H and O–H groups in total. The molecule has 0 spiro atoms. The minimum absolute atomic E-state index is 0.187. The molecule has 0 aromatic heterocycles. The van der Waals surface area contributed by atoms with Crippen molar-refractivity contribution in [3.63, 3.8) is 0 Å². The van der Waals surface area contributed by atoms with E-state index in [9.17, 15) is 10.2 Å². The van der Waals surface area contributed by atoms with Crippen molar-refractivity contribution < 1.29 is 14.9 Å². The molecule has 0 aliphatic heterocycles. The zero-order valence-corrected chi connectivity index (χ0v) is 12.7. The first-order valence-corrected chi connectivity index (χ1v) is 7.62. The first kappa shape index (κ1) is 13.7. The molecule has 23 heavy (non-hydrogen) atoms. The molecule has 0 radical (unpaired) electrons. The highest BCUT2D eigenvalue weighted by atomic mass is 16.5. The van der Waals surface area contributed by atoms with Crippen LogP contribution in [0.1, 0.15) is 6.92 Å². The molecule has 0 atom stereocenters. The van der Waals surface area contributed by atoms with Gasteiger partial charge in [-0.05, 0) is 46.7 Å². The van der Waals surface area contributed by atoms with Gasteiger partial charge in [0.25, 0.3) is 0 Å². The summed E-state index contributed by atoms with van der Waals surface area (Å²) >= 11 is 0. The fourth-order valence-corrected chi connectivity index (χ4v) is 3.26. The van der Waals surface area contributed by atoms with Crippen LogP contribution in [0.15, 0.2) is 54.6 Å². The Morgan fingerprint density at radius 2 is 1.39 bits per heavy atom. The predicted molar refractivity (Wildman–Crippen MR) is 93.5 cm³/mol. The van der Waals surface area contributed by atoms with E-state index in [0.717, 1.165) is 26.9 Å². The van der Waals surface area contributed by atoms with Gasteiger partial charge in [0, 0.05) is 5.39 Å². The summed E-state index contributed by atoms with van der Waals surface area (Å²) in [4.78, 5) is 0. The van der Waals surface area contributed by atoms with Crippen LogP contribution in [-0.4, -0.2) is 16.8 Å². The number of aromatic hydroxyl groups is 2. The Balaban J connectivity index is 2.24. The van der Waals surface area contributed by atoms with Crippen LogP contribution in [0, 0.1) is 0 Å². The summed E-state index contributed by atoms with van der Waals surface area (Å²) in [6.45, 7) is 2.44. The van der Waals surface area contributed by atoms with E-state index >= 15 is 0 Å². The quantitative estimate of drug-likeness (QED) is 0.515. The van der Waals surface area contributed by atoms with E-state index < -0.39 is 0 Å². The Hall–Kier alpha value is -2.94. The first-order chi connectivity index (χ1) is 11.2. The van der Waals surface area contributed by atoms with E-state index in [-0.39, 0.29) is 11.5 Å². The minimum atomic E-state index is 0.187. The lowest BCUT2D eigenvalue weighted by Crippen LogP contribution is -1.93. The molecule has 0 amide bonds. The van der Waals surface area contributed by atoms with E-state index in [0.29, 0.717) is 17.7 Å². The van der Waals surface area contributed by atoms with E-state index in [1.165, 1.54) is 0 Å². The van der Waals surface area contributed by atoms with Crippen molar-refractivity contribution >= 4 is 32.3 Å². The maximum atomic E-state index is 10.6. The number of ether oxygens (including phenoxy) is 1. The maximum Gasteiger partial charge on any atom is 0.130 e. The van der Waals surface area contributed by atoms with Crippen LogP contribution >= 0.6 is 0 Å². The molecule has 0 unspecified atom stereocenters. The van der Waals surface area contributed by atoms with Crippen molar-refractivity contribution in [3.05, 3.63) is 54.6 Å². The molecule has 4 aromatic rings. The van der Waals surface area contributed by atoms with Crippen LogP contribution in [0.5, 0.6) is 17.2 Å². The number of phenolic OH excluding ortho intramolecular Hbond substituents is 2. The SMILES string of the molecule is CCOc1cccc2c1c(O)cc1c3ccccc3c(O)cc21. The average molecular weight is 304 g/mol. The largest absolute Gasteiger partial charge is 0.507 e. The summed E-state index contributed by atoms with van der Waals surface area (Å²) in [7, 11) is 0. The highest BCUT2D eigenvalue weighted by Crippen LogP contribution is 2.42. The smallest absolute Gasteiger partial charge is 0.130 e. The Kier molecular flexibility index (Phi) is 3.01. The third-order valence-corrected chi connectivity index (χ3v) is 4.22. The van der Waals surface area contributed by atoms with Crippen LogP contribution in [0.3, 0.4) is 0 Å². The van der Waals surface area contributed by atoms with Gasteiger partial charge in [0.15, 0.2) is 0 Å². The molecule has 0 bridgehead atoms. The standard InChI is InChI=1S/C20H16O3/c1-2-23-19-9-5-8-14-16-10-17(21)13-7-4-3-6-12(13)15(16)11-18(22)20(14)19/h3-11,21-22H,2H2,1H3. The van der Waals surface area contributed by atoms with Crippen molar-refractivity contribution in [2.75, 3.05) is 6.61 Å². The molecule has 114 valence electrons. The molecule has 0 heterocycles. The van der Waals surface area contributed by atoms with Gasteiger partial charge in [-0.3, -0.25) is 0 Å². The number of phenols is 2. The predicted octanol–water partition coefficient (Wildman–Crippen LogP) is 4.96. The van der Waals surface area contributed by atoms with Gasteiger partial charge in [-0.1, -0.05) is 36.4 Å². The fourth-order valence-electron chi connectivity index (χ4n) is 3.26. The zero-order chi connectivity index (χ0) is 16.0. The molecule has 4 aromatic carbocycles. The highest BCUT2D eigenvalue weighted by molar-refractivity contribution is 6.21. The number of benzene rings is 4. The van der Waals surface area contributed by atoms with Crippen LogP contribution in [0.2, 0.25) is 0 Å². The van der Waals surface area contributed by atoms with Crippen LogP contribution in [0.4, 0.5) is 0 Å². The van der Waals surface area contributed by atoms with Gasteiger partial charge in [-0.2, -0.15) is 0 Å². The lowest BCUT2D eigenvalue weighted by molar-refractivity contribution is 0.343. The van der Waals surface area contributed by atoms with Gasteiger partial charge < -0.3 is 14.9 Å². The summed E-state index contributed by atoms with van der Waals surface area (Å²) in [5.41, 5.74) is 0. The van der Waals surface area contributed by atoms with E-state index in [1.807, 2.05) is 49.4 Å². The molecular weight excluding hydrogens is 288 g/mol. The second-order valence-corrected chi connectivity index (χ2v) is 5.54. The lowest BCUT2D eigenvalue weighted by atomic mass is 9.95. The third-order valence-electron chi connectivity index (χ3n) is 4.22. The summed E-state index contributed by atoms with van der Waals surface area (Å²) in [5.74, 6) is 1.08. The summed E-state index contributed by atoms with van der Waals surface area (Å²) in [5, 5.41) is 26.0. The lowest BCUT2D eigenvalue weighted by Gasteiger charge is -2.13. The van der Waals surface area contributed by atoms with Crippen molar-refractivity contribution in [2.45, 2.75) is 6.92 Å². The van der Waals surface area contributed by atoms with E-state index in [1.54, 1.807) is 12.1 Å². The van der Waals surface area contributed by atoms with E-state index in [2.05, 4.69) is 0 Å². The summed E-state index contributed by atoms with van der Waals surface area (Å²) < 4.78 is 5.64. The Labute approximate surface area is 133 Å². The topological polar surface area (TPSA) is 49.7 Å². The number of fused-ring (bicyclic) bond motifs is 5. The average Bonchev–Trinajstić information content (AvgIpc) is 2.57. The normalized spacial score (nSPS) is 11.3. The third kappa shape index (κ3) is 1.97. The molecule has 0 aliphatic rings. The molecule has 0 aliphatic carbocycles. The Morgan fingerprint density at radius 3 is 2.17 bits per heavy atom. The minimum Gasteiger partial charge on any atom is -0.507 e. The van der Waals surface area contributed by atoms with Crippen molar-refractivity contribution in [1.82, 2.24) is 0 Å².